The fourth-order valence-corrected chi connectivity index (χ4v) is 1.57. The van der Waals surface area contributed by atoms with Gasteiger partial charge >= 0.3 is 0 Å². The van der Waals surface area contributed by atoms with E-state index in [0.29, 0.717) is 0 Å². The Bertz CT molecular complexity index is 521. The van der Waals surface area contributed by atoms with Crippen molar-refractivity contribution in [2.24, 2.45) is 0 Å². The number of hydrogen-bond acceptors (Lipinski definition) is 3. The second kappa shape index (κ2) is 4.78. The Morgan fingerprint density at radius 3 is 2.35 bits per heavy atom. The Labute approximate surface area is 102 Å². The van der Waals surface area contributed by atoms with Gasteiger partial charge in [-0.2, -0.15) is 0 Å². The molecule has 0 aliphatic heterocycles. The number of nitrogens with two attached hydrogens (primary N) is 1. The van der Waals surface area contributed by atoms with Crippen molar-refractivity contribution in [3.63, 3.8) is 0 Å². The van der Waals surface area contributed by atoms with E-state index in [1.807, 2.05) is 30.3 Å². The number of aryl methyl sites for hydroxylation is 2. The Morgan fingerprint density at radius 1 is 0.882 bits per heavy atom. The molecule has 3 heteroatoms. The summed E-state index contributed by atoms with van der Waals surface area (Å²) in [5, 5.41) is 0. The maximum absolute atomic E-state index is 5.84. The number of nitrogen functional groups attached to an aromatic ring is 1. The minimum atomic E-state index is 0.726. The molecule has 0 fully saturated rings. The summed E-state index contributed by atoms with van der Waals surface area (Å²) in [5.41, 5.74) is 17.3. The van der Waals surface area contributed by atoms with Crippen LogP contribution in [0.4, 0.5) is 17.1 Å². The number of hydrazine groups is 1. The van der Waals surface area contributed by atoms with Crippen LogP contribution in [0, 0.1) is 13.8 Å². The van der Waals surface area contributed by atoms with Gasteiger partial charge in [-0.3, -0.25) is 5.43 Å². The number of anilines is 3. The smallest absolute Gasteiger partial charge is 0.0769 e. The van der Waals surface area contributed by atoms with E-state index in [-0.39, 0.29) is 0 Å². The molecule has 88 valence electrons. The van der Waals surface area contributed by atoms with Gasteiger partial charge < -0.3 is 11.2 Å². The first-order chi connectivity index (χ1) is 8.16. The second-order valence-corrected chi connectivity index (χ2v) is 4.14. The summed E-state index contributed by atoms with van der Waals surface area (Å²) in [6.07, 6.45) is 0. The van der Waals surface area contributed by atoms with E-state index in [9.17, 15) is 0 Å². The summed E-state index contributed by atoms with van der Waals surface area (Å²) in [6, 6.07) is 13.9. The molecule has 0 saturated carbocycles. The van der Waals surface area contributed by atoms with E-state index in [0.717, 1.165) is 17.1 Å². The van der Waals surface area contributed by atoms with E-state index in [1.165, 1.54) is 11.1 Å². The predicted octanol–water partition coefficient (Wildman–Crippen LogP) is 3.32. The van der Waals surface area contributed by atoms with Crippen molar-refractivity contribution in [3.8, 4) is 0 Å². The predicted molar refractivity (Wildman–Crippen MR) is 74.0 cm³/mol. The molecule has 0 aromatic heterocycles. The molecule has 17 heavy (non-hydrogen) atoms. The molecular weight excluding hydrogens is 210 g/mol. The van der Waals surface area contributed by atoms with Crippen LogP contribution in [0.3, 0.4) is 0 Å². The molecule has 0 amide bonds. The van der Waals surface area contributed by atoms with Gasteiger partial charge in [0.15, 0.2) is 0 Å². The molecule has 0 radical (unpaired) electrons. The first-order valence-electron chi connectivity index (χ1n) is 5.60. The van der Waals surface area contributed by atoms with Crippen molar-refractivity contribution in [1.82, 2.24) is 0 Å². The lowest BCUT2D eigenvalue weighted by Gasteiger charge is -2.12. The topological polar surface area (TPSA) is 50.1 Å². The number of benzene rings is 2. The zero-order chi connectivity index (χ0) is 12.3. The Balaban J connectivity index is 2.08. The van der Waals surface area contributed by atoms with Crippen LogP contribution in [-0.4, -0.2) is 0 Å². The zero-order valence-corrected chi connectivity index (χ0v) is 10.1. The van der Waals surface area contributed by atoms with Gasteiger partial charge in [0.05, 0.1) is 17.1 Å². The normalized spacial score (nSPS) is 10.0. The highest BCUT2D eigenvalue weighted by Crippen LogP contribution is 2.18. The van der Waals surface area contributed by atoms with E-state index < -0.39 is 0 Å². The fraction of sp³-hybridized carbons (Fsp3) is 0.143. The van der Waals surface area contributed by atoms with Crippen LogP contribution in [0.15, 0.2) is 42.5 Å². The van der Waals surface area contributed by atoms with Gasteiger partial charge in [-0.05, 0) is 49.2 Å². The summed E-state index contributed by atoms with van der Waals surface area (Å²) in [5.74, 6) is 0. The van der Waals surface area contributed by atoms with Crippen molar-refractivity contribution >= 4 is 17.1 Å². The second-order valence-electron chi connectivity index (χ2n) is 4.14. The number of para-hydroxylation sites is 2. The maximum atomic E-state index is 5.84. The minimum absolute atomic E-state index is 0.726. The molecule has 0 saturated heterocycles. The van der Waals surface area contributed by atoms with Gasteiger partial charge in [-0.25, -0.2) is 0 Å². The van der Waals surface area contributed by atoms with Gasteiger partial charge in [-0.1, -0.05) is 18.2 Å². The van der Waals surface area contributed by atoms with Crippen molar-refractivity contribution in [2.45, 2.75) is 13.8 Å². The molecule has 2 rings (SSSR count). The van der Waals surface area contributed by atoms with Crippen molar-refractivity contribution in [2.75, 3.05) is 16.6 Å². The van der Waals surface area contributed by atoms with Gasteiger partial charge in [0.1, 0.15) is 0 Å². The van der Waals surface area contributed by atoms with Gasteiger partial charge in [0.25, 0.3) is 0 Å². The fourth-order valence-electron chi connectivity index (χ4n) is 1.57. The largest absolute Gasteiger partial charge is 0.397 e. The Morgan fingerprint density at radius 2 is 1.65 bits per heavy atom. The van der Waals surface area contributed by atoms with Gasteiger partial charge in [0, 0.05) is 0 Å². The van der Waals surface area contributed by atoms with Crippen LogP contribution in [0.25, 0.3) is 0 Å². The monoisotopic (exact) mass is 227 g/mol. The number of hydrogen-bond donors (Lipinski definition) is 3. The van der Waals surface area contributed by atoms with Crippen LogP contribution in [0.5, 0.6) is 0 Å². The van der Waals surface area contributed by atoms with Crippen molar-refractivity contribution in [1.29, 1.82) is 0 Å². The van der Waals surface area contributed by atoms with E-state index in [2.05, 4.69) is 36.8 Å². The van der Waals surface area contributed by atoms with Crippen LogP contribution < -0.4 is 16.6 Å². The molecule has 0 aliphatic rings. The summed E-state index contributed by atoms with van der Waals surface area (Å²) >= 11 is 0. The third-order valence-electron chi connectivity index (χ3n) is 2.81. The van der Waals surface area contributed by atoms with E-state index in [1.54, 1.807) is 0 Å². The highest BCUT2D eigenvalue weighted by Gasteiger charge is 1.98. The molecule has 0 unspecified atom stereocenters. The molecule has 4 N–H and O–H groups in total. The van der Waals surface area contributed by atoms with Crippen LogP contribution in [0.2, 0.25) is 0 Å². The molecule has 2 aromatic rings. The molecule has 3 nitrogen and oxygen atoms in total. The summed E-state index contributed by atoms with van der Waals surface area (Å²) in [7, 11) is 0. The number of nitrogens with one attached hydrogen (secondary N) is 2. The first kappa shape index (κ1) is 11.3. The lowest BCUT2D eigenvalue weighted by molar-refractivity contribution is 1.32. The van der Waals surface area contributed by atoms with Crippen LogP contribution in [-0.2, 0) is 0 Å². The van der Waals surface area contributed by atoms with Gasteiger partial charge in [-0.15, -0.1) is 0 Å². The van der Waals surface area contributed by atoms with E-state index in [4.69, 9.17) is 5.73 Å². The maximum Gasteiger partial charge on any atom is 0.0769 e. The average molecular weight is 227 g/mol. The highest BCUT2D eigenvalue weighted by atomic mass is 15.4. The third kappa shape index (κ3) is 2.69. The lowest BCUT2D eigenvalue weighted by Crippen LogP contribution is -2.10. The quantitative estimate of drug-likeness (QED) is 0.557. The first-order valence-corrected chi connectivity index (χ1v) is 5.60. The van der Waals surface area contributed by atoms with Crippen molar-refractivity contribution in [3.05, 3.63) is 53.6 Å². The van der Waals surface area contributed by atoms with Crippen molar-refractivity contribution < 1.29 is 0 Å². The molecule has 0 atom stereocenters. The Hall–Kier alpha value is -2.16. The SMILES string of the molecule is Cc1ccc(NNc2ccccc2N)cc1C. The van der Waals surface area contributed by atoms with E-state index >= 15 is 0 Å². The Kier molecular flexibility index (Phi) is 3.19. The molecule has 0 aliphatic carbocycles. The number of rotatable bonds is 3. The molecule has 0 heterocycles. The summed E-state index contributed by atoms with van der Waals surface area (Å²) in [4.78, 5) is 0. The zero-order valence-electron chi connectivity index (χ0n) is 10.1. The lowest BCUT2D eigenvalue weighted by atomic mass is 10.1. The standard InChI is InChI=1S/C14H17N3/c1-10-7-8-12(9-11(10)2)16-17-14-6-4-3-5-13(14)15/h3-9,16-17H,15H2,1-2H3. The van der Waals surface area contributed by atoms with Crippen LogP contribution >= 0.6 is 0 Å². The molecule has 0 bridgehead atoms. The minimum Gasteiger partial charge on any atom is -0.397 e. The highest BCUT2D eigenvalue weighted by molar-refractivity contribution is 5.67. The summed E-state index contributed by atoms with van der Waals surface area (Å²) in [6.45, 7) is 4.19. The molecule has 0 spiro atoms. The molecule has 2 aromatic carbocycles. The van der Waals surface area contributed by atoms with Gasteiger partial charge in [0.2, 0.25) is 0 Å². The average Bonchev–Trinajstić information content (AvgIpc) is 2.32. The molecular formula is C14H17N3. The summed E-state index contributed by atoms with van der Waals surface area (Å²) < 4.78 is 0. The van der Waals surface area contributed by atoms with Crippen LogP contribution in [0.1, 0.15) is 11.1 Å². The third-order valence-corrected chi connectivity index (χ3v) is 2.81.